The predicted molar refractivity (Wildman–Crippen MR) is 98.7 cm³/mol. The Morgan fingerprint density at radius 3 is 2.24 bits per heavy atom. The first kappa shape index (κ1) is 21.4. The molecule has 5 heteroatoms. The number of unbranched alkanes of at least 4 members (excludes halogenated alkanes) is 2. The summed E-state index contributed by atoms with van der Waals surface area (Å²) in [5.41, 5.74) is 0.217. The van der Waals surface area contributed by atoms with Gasteiger partial charge in [-0.25, -0.2) is 9.18 Å². The van der Waals surface area contributed by atoms with Crippen molar-refractivity contribution < 1.29 is 18.7 Å². The number of carbonyl (C=O) groups is 1. The SMILES string of the molecule is CCCCN(CCCC)CCCOC(=O)c1ccc(OCC)c(F)c1. The van der Waals surface area contributed by atoms with Gasteiger partial charge in [-0.3, -0.25) is 0 Å². The number of hydrogen-bond donors (Lipinski definition) is 0. The summed E-state index contributed by atoms with van der Waals surface area (Å²) in [6.07, 6.45) is 5.53. The summed E-state index contributed by atoms with van der Waals surface area (Å²) in [5.74, 6) is -0.876. The lowest BCUT2D eigenvalue weighted by molar-refractivity contribution is 0.0487. The number of benzene rings is 1. The van der Waals surface area contributed by atoms with E-state index in [4.69, 9.17) is 9.47 Å². The first-order valence-corrected chi connectivity index (χ1v) is 9.44. The molecule has 142 valence electrons. The Labute approximate surface area is 151 Å². The van der Waals surface area contributed by atoms with E-state index >= 15 is 0 Å². The van der Waals surface area contributed by atoms with Crippen molar-refractivity contribution in [1.29, 1.82) is 0 Å². The largest absolute Gasteiger partial charge is 0.491 e. The van der Waals surface area contributed by atoms with Gasteiger partial charge >= 0.3 is 5.97 Å². The molecule has 0 saturated carbocycles. The molecule has 25 heavy (non-hydrogen) atoms. The Morgan fingerprint density at radius 1 is 1.04 bits per heavy atom. The number of esters is 1. The molecule has 0 aromatic heterocycles. The normalized spacial score (nSPS) is 10.9. The van der Waals surface area contributed by atoms with Crippen LogP contribution in [-0.4, -0.2) is 43.7 Å². The highest BCUT2D eigenvalue weighted by Crippen LogP contribution is 2.18. The van der Waals surface area contributed by atoms with E-state index in [9.17, 15) is 9.18 Å². The van der Waals surface area contributed by atoms with Gasteiger partial charge in [-0.05, 0) is 57.5 Å². The van der Waals surface area contributed by atoms with Gasteiger partial charge in [0, 0.05) is 6.54 Å². The van der Waals surface area contributed by atoms with Crippen molar-refractivity contribution in [3.8, 4) is 5.75 Å². The number of rotatable bonds is 13. The molecule has 0 amide bonds. The summed E-state index contributed by atoms with van der Waals surface area (Å²) in [6, 6.07) is 4.17. The minimum Gasteiger partial charge on any atom is -0.491 e. The monoisotopic (exact) mass is 353 g/mol. The molecule has 0 fully saturated rings. The predicted octanol–water partition coefficient (Wildman–Crippen LogP) is 4.67. The van der Waals surface area contributed by atoms with Crippen molar-refractivity contribution in [2.24, 2.45) is 0 Å². The smallest absolute Gasteiger partial charge is 0.338 e. The molecule has 0 saturated heterocycles. The van der Waals surface area contributed by atoms with E-state index in [2.05, 4.69) is 18.7 Å². The van der Waals surface area contributed by atoms with E-state index in [1.54, 1.807) is 6.92 Å². The lowest BCUT2D eigenvalue weighted by Gasteiger charge is -2.21. The topological polar surface area (TPSA) is 38.8 Å². The zero-order valence-electron chi connectivity index (χ0n) is 15.9. The molecule has 0 unspecified atom stereocenters. The zero-order chi connectivity index (χ0) is 18.5. The molecule has 1 aromatic rings. The van der Waals surface area contributed by atoms with Crippen LogP contribution in [0.15, 0.2) is 18.2 Å². The highest BCUT2D eigenvalue weighted by molar-refractivity contribution is 5.89. The van der Waals surface area contributed by atoms with Crippen molar-refractivity contribution in [3.63, 3.8) is 0 Å². The minimum atomic E-state index is -0.540. The maximum Gasteiger partial charge on any atom is 0.338 e. The van der Waals surface area contributed by atoms with Gasteiger partial charge in [0.2, 0.25) is 0 Å². The molecule has 0 aliphatic heterocycles. The maximum atomic E-state index is 13.8. The standard InChI is InChI=1S/C20H32FNO3/c1-4-7-12-22(13-8-5-2)14-9-15-25-20(23)17-10-11-19(24-6-3)18(21)16-17/h10-11,16H,4-9,12-15H2,1-3H3. The van der Waals surface area contributed by atoms with Crippen molar-refractivity contribution >= 4 is 5.97 Å². The molecule has 0 radical (unpaired) electrons. The van der Waals surface area contributed by atoms with E-state index in [-0.39, 0.29) is 11.3 Å². The molecule has 0 N–H and O–H groups in total. The van der Waals surface area contributed by atoms with Crippen LogP contribution in [0.4, 0.5) is 4.39 Å². The Hall–Kier alpha value is -1.62. The van der Waals surface area contributed by atoms with Gasteiger partial charge < -0.3 is 14.4 Å². The van der Waals surface area contributed by atoms with Gasteiger partial charge in [-0.15, -0.1) is 0 Å². The molecule has 1 rings (SSSR count). The number of carbonyl (C=O) groups excluding carboxylic acids is 1. The Morgan fingerprint density at radius 2 is 1.68 bits per heavy atom. The third kappa shape index (κ3) is 8.34. The van der Waals surface area contributed by atoms with Crippen molar-refractivity contribution in [2.45, 2.75) is 52.9 Å². The van der Waals surface area contributed by atoms with E-state index in [1.165, 1.54) is 43.9 Å². The lowest BCUT2D eigenvalue weighted by Crippen LogP contribution is -2.28. The minimum absolute atomic E-state index is 0.154. The molecule has 1 aromatic carbocycles. The Balaban J connectivity index is 2.38. The number of hydrogen-bond acceptors (Lipinski definition) is 4. The van der Waals surface area contributed by atoms with Crippen LogP contribution in [0.1, 0.15) is 63.2 Å². The number of halogens is 1. The van der Waals surface area contributed by atoms with Gasteiger partial charge in [0.25, 0.3) is 0 Å². The summed E-state index contributed by atoms with van der Waals surface area (Å²) in [6.45, 7) is 10.0. The van der Waals surface area contributed by atoms with Crippen LogP contribution in [-0.2, 0) is 4.74 Å². The molecule has 0 atom stereocenters. The van der Waals surface area contributed by atoms with Crippen LogP contribution in [0.25, 0.3) is 0 Å². The van der Waals surface area contributed by atoms with Crippen LogP contribution in [0, 0.1) is 5.82 Å². The quantitative estimate of drug-likeness (QED) is 0.381. The second-order valence-corrected chi connectivity index (χ2v) is 6.12. The van der Waals surface area contributed by atoms with E-state index in [0.29, 0.717) is 13.2 Å². The van der Waals surface area contributed by atoms with E-state index < -0.39 is 11.8 Å². The molecule has 4 nitrogen and oxygen atoms in total. The van der Waals surface area contributed by atoms with Crippen LogP contribution in [0.3, 0.4) is 0 Å². The van der Waals surface area contributed by atoms with Gasteiger partial charge in [-0.1, -0.05) is 26.7 Å². The van der Waals surface area contributed by atoms with Crippen molar-refractivity contribution in [3.05, 3.63) is 29.6 Å². The van der Waals surface area contributed by atoms with Gasteiger partial charge in [0.1, 0.15) is 0 Å². The first-order chi connectivity index (χ1) is 12.1. The lowest BCUT2D eigenvalue weighted by atomic mass is 10.2. The van der Waals surface area contributed by atoms with E-state index in [1.807, 2.05) is 0 Å². The molecule has 0 spiro atoms. The summed E-state index contributed by atoms with van der Waals surface area (Å²) in [5, 5.41) is 0. The fourth-order valence-corrected chi connectivity index (χ4v) is 2.54. The molecule has 0 heterocycles. The number of nitrogens with zero attached hydrogens (tertiary/aromatic N) is 1. The van der Waals surface area contributed by atoms with E-state index in [0.717, 1.165) is 26.1 Å². The second kappa shape index (κ2) is 12.7. The summed E-state index contributed by atoms with van der Waals surface area (Å²) < 4.78 is 24.2. The van der Waals surface area contributed by atoms with Crippen molar-refractivity contribution in [2.75, 3.05) is 32.8 Å². The summed E-state index contributed by atoms with van der Waals surface area (Å²) >= 11 is 0. The third-order valence-electron chi connectivity index (χ3n) is 3.98. The average Bonchev–Trinajstić information content (AvgIpc) is 2.61. The Bertz CT molecular complexity index is 500. The summed E-state index contributed by atoms with van der Waals surface area (Å²) in [4.78, 5) is 14.4. The van der Waals surface area contributed by atoms with Crippen LogP contribution in [0.2, 0.25) is 0 Å². The zero-order valence-corrected chi connectivity index (χ0v) is 15.9. The van der Waals surface area contributed by atoms with Gasteiger partial charge in [0.15, 0.2) is 11.6 Å². The molecular formula is C20H32FNO3. The fourth-order valence-electron chi connectivity index (χ4n) is 2.54. The Kier molecular flexibility index (Phi) is 10.9. The van der Waals surface area contributed by atoms with Crippen LogP contribution < -0.4 is 4.74 Å². The van der Waals surface area contributed by atoms with Crippen LogP contribution in [0.5, 0.6) is 5.75 Å². The van der Waals surface area contributed by atoms with Gasteiger partial charge in [0.05, 0.1) is 18.8 Å². The summed E-state index contributed by atoms with van der Waals surface area (Å²) in [7, 11) is 0. The number of ether oxygens (including phenoxy) is 2. The molecular weight excluding hydrogens is 321 g/mol. The fraction of sp³-hybridized carbons (Fsp3) is 0.650. The molecule has 0 bridgehead atoms. The first-order valence-electron chi connectivity index (χ1n) is 9.44. The maximum absolute atomic E-state index is 13.8. The van der Waals surface area contributed by atoms with Crippen molar-refractivity contribution in [1.82, 2.24) is 4.90 Å². The average molecular weight is 353 g/mol. The third-order valence-corrected chi connectivity index (χ3v) is 3.98. The molecule has 0 aliphatic rings. The second-order valence-electron chi connectivity index (χ2n) is 6.12. The highest BCUT2D eigenvalue weighted by Gasteiger charge is 2.12. The van der Waals surface area contributed by atoms with Gasteiger partial charge in [-0.2, -0.15) is 0 Å². The highest BCUT2D eigenvalue weighted by atomic mass is 19.1. The van der Waals surface area contributed by atoms with Crippen LogP contribution >= 0.6 is 0 Å². The molecule has 0 aliphatic carbocycles.